The molecule has 0 amide bonds. The Morgan fingerprint density at radius 3 is 2.94 bits per heavy atom. The third-order valence-corrected chi connectivity index (χ3v) is 5.06. The van der Waals surface area contributed by atoms with Gasteiger partial charge in [-0.15, -0.1) is 11.8 Å². The van der Waals surface area contributed by atoms with Crippen molar-refractivity contribution >= 4 is 11.8 Å². The van der Waals surface area contributed by atoms with Crippen molar-refractivity contribution in [2.24, 2.45) is 17.6 Å². The van der Waals surface area contributed by atoms with Gasteiger partial charge in [-0.1, -0.05) is 19.8 Å². The summed E-state index contributed by atoms with van der Waals surface area (Å²) in [5.74, 6) is 1.51. The molecule has 0 saturated heterocycles. The summed E-state index contributed by atoms with van der Waals surface area (Å²) in [4.78, 5) is 8.48. The molecule has 3 nitrogen and oxygen atoms in total. The monoisotopic (exact) mass is 251 g/mol. The molecule has 0 aromatic carbocycles. The molecule has 1 fully saturated rings. The summed E-state index contributed by atoms with van der Waals surface area (Å²) < 4.78 is 0. The average Bonchev–Trinajstić information content (AvgIpc) is 2.40. The van der Waals surface area contributed by atoms with Crippen LogP contribution in [-0.4, -0.2) is 21.8 Å². The average molecular weight is 251 g/mol. The first-order chi connectivity index (χ1) is 8.33. The van der Waals surface area contributed by atoms with Crippen molar-refractivity contribution in [3.05, 3.63) is 18.6 Å². The van der Waals surface area contributed by atoms with Gasteiger partial charge < -0.3 is 5.73 Å². The van der Waals surface area contributed by atoms with Crippen LogP contribution in [0.4, 0.5) is 0 Å². The highest BCUT2D eigenvalue weighted by molar-refractivity contribution is 7.99. The van der Waals surface area contributed by atoms with Crippen molar-refractivity contribution in [1.29, 1.82) is 0 Å². The summed E-state index contributed by atoms with van der Waals surface area (Å²) in [5.41, 5.74) is 5.88. The highest BCUT2D eigenvalue weighted by Gasteiger charge is 2.29. The second kappa shape index (κ2) is 6.36. The van der Waals surface area contributed by atoms with E-state index in [1.165, 1.54) is 25.7 Å². The molecule has 2 rings (SSSR count). The lowest BCUT2D eigenvalue weighted by Crippen LogP contribution is -2.32. The number of aromatic nitrogens is 2. The topological polar surface area (TPSA) is 51.8 Å². The van der Waals surface area contributed by atoms with Crippen LogP contribution in [0.15, 0.2) is 23.6 Å². The molecule has 4 heteroatoms. The molecule has 1 aromatic heterocycles. The third-order valence-electron chi connectivity index (χ3n) is 3.73. The molecule has 0 spiro atoms. The molecule has 0 aliphatic heterocycles. The van der Waals surface area contributed by atoms with Crippen LogP contribution in [0.3, 0.4) is 0 Å². The molecule has 0 radical (unpaired) electrons. The maximum absolute atomic E-state index is 5.88. The van der Waals surface area contributed by atoms with Crippen LogP contribution in [0.25, 0.3) is 0 Å². The summed E-state index contributed by atoms with van der Waals surface area (Å²) in [5, 5.41) is 1.66. The quantitative estimate of drug-likeness (QED) is 0.894. The fraction of sp³-hybridized carbons (Fsp3) is 0.692. The molecule has 1 aliphatic carbocycles. The van der Waals surface area contributed by atoms with E-state index in [-0.39, 0.29) is 0 Å². The van der Waals surface area contributed by atoms with E-state index >= 15 is 0 Å². The third kappa shape index (κ3) is 3.42. The summed E-state index contributed by atoms with van der Waals surface area (Å²) in [6.45, 7) is 3.09. The summed E-state index contributed by atoms with van der Waals surface area (Å²) >= 11 is 1.86. The predicted octanol–water partition coefficient (Wildman–Crippen LogP) is 2.72. The fourth-order valence-electron chi connectivity index (χ4n) is 2.56. The molecule has 1 aliphatic rings. The van der Waals surface area contributed by atoms with Gasteiger partial charge in [0.15, 0.2) is 0 Å². The molecule has 94 valence electrons. The van der Waals surface area contributed by atoms with E-state index in [0.717, 1.165) is 17.5 Å². The van der Waals surface area contributed by atoms with E-state index in [2.05, 4.69) is 16.9 Å². The Bertz CT molecular complexity index is 331. The van der Waals surface area contributed by atoms with Gasteiger partial charge in [0.1, 0.15) is 5.03 Å². The van der Waals surface area contributed by atoms with Crippen molar-refractivity contribution in [2.75, 3.05) is 6.54 Å². The highest BCUT2D eigenvalue weighted by atomic mass is 32.2. The normalized spacial score (nSPS) is 29.2. The van der Waals surface area contributed by atoms with Gasteiger partial charge in [-0.3, -0.25) is 4.98 Å². The number of rotatable bonds is 4. The standard InChI is InChI=1S/C13H21N3S/c1-2-10-3-4-11(8-14)12(7-10)17-13-9-15-5-6-16-13/h5-6,9-12H,2-4,7-8,14H2,1H3. The van der Waals surface area contributed by atoms with Gasteiger partial charge in [-0.25, -0.2) is 4.98 Å². The van der Waals surface area contributed by atoms with E-state index in [9.17, 15) is 0 Å². The van der Waals surface area contributed by atoms with Gasteiger partial charge in [-0.2, -0.15) is 0 Å². The lowest BCUT2D eigenvalue weighted by Gasteiger charge is -2.34. The maximum Gasteiger partial charge on any atom is 0.115 e. The molecule has 3 atom stereocenters. The van der Waals surface area contributed by atoms with Gasteiger partial charge in [0.05, 0.1) is 6.20 Å². The van der Waals surface area contributed by atoms with Gasteiger partial charge in [-0.05, 0) is 31.2 Å². The number of nitrogens with two attached hydrogens (primary N) is 1. The van der Waals surface area contributed by atoms with E-state index < -0.39 is 0 Å². The van der Waals surface area contributed by atoms with Gasteiger partial charge in [0.2, 0.25) is 0 Å². The summed E-state index contributed by atoms with van der Waals surface area (Å²) in [6.07, 6.45) is 10.5. The van der Waals surface area contributed by atoms with Crippen molar-refractivity contribution in [3.63, 3.8) is 0 Å². The SMILES string of the molecule is CCC1CCC(CN)C(Sc2cnccn2)C1. The maximum atomic E-state index is 5.88. The largest absolute Gasteiger partial charge is 0.330 e. The minimum atomic E-state index is 0.621. The molecular formula is C13H21N3S. The molecule has 1 heterocycles. The smallest absolute Gasteiger partial charge is 0.115 e. The summed E-state index contributed by atoms with van der Waals surface area (Å²) in [7, 11) is 0. The minimum absolute atomic E-state index is 0.621. The molecule has 3 unspecified atom stereocenters. The number of hydrogen-bond donors (Lipinski definition) is 1. The lowest BCUT2D eigenvalue weighted by molar-refractivity contribution is 0.283. The minimum Gasteiger partial charge on any atom is -0.330 e. The van der Waals surface area contributed by atoms with Crippen molar-refractivity contribution in [2.45, 2.75) is 42.9 Å². The van der Waals surface area contributed by atoms with Gasteiger partial charge in [0.25, 0.3) is 0 Å². The van der Waals surface area contributed by atoms with Crippen LogP contribution in [0.2, 0.25) is 0 Å². The molecule has 1 aromatic rings. The number of thioether (sulfide) groups is 1. The van der Waals surface area contributed by atoms with E-state index in [1.807, 2.05) is 18.0 Å². The first-order valence-electron chi connectivity index (χ1n) is 6.46. The number of nitrogens with zero attached hydrogens (tertiary/aromatic N) is 2. The Labute approximate surface area is 108 Å². The van der Waals surface area contributed by atoms with Gasteiger partial charge in [0, 0.05) is 17.6 Å². The lowest BCUT2D eigenvalue weighted by atomic mass is 9.80. The Hall–Kier alpha value is -0.610. The van der Waals surface area contributed by atoms with Gasteiger partial charge >= 0.3 is 0 Å². The van der Waals surface area contributed by atoms with Crippen molar-refractivity contribution in [3.8, 4) is 0 Å². The Morgan fingerprint density at radius 2 is 2.29 bits per heavy atom. The first-order valence-corrected chi connectivity index (χ1v) is 7.34. The Kier molecular flexibility index (Phi) is 4.80. The van der Waals surface area contributed by atoms with E-state index in [1.54, 1.807) is 12.4 Å². The Morgan fingerprint density at radius 1 is 1.41 bits per heavy atom. The van der Waals surface area contributed by atoms with Crippen LogP contribution in [0.5, 0.6) is 0 Å². The zero-order valence-corrected chi connectivity index (χ0v) is 11.2. The summed E-state index contributed by atoms with van der Waals surface area (Å²) in [6, 6.07) is 0. The zero-order valence-electron chi connectivity index (χ0n) is 10.4. The van der Waals surface area contributed by atoms with E-state index in [4.69, 9.17) is 5.73 Å². The molecule has 2 N–H and O–H groups in total. The van der Waals surface area contributed by atoms with Crippen LogP contribution in [0.1, 0.15) is 32.6 Å². The van der Waals surface area contributed by atoms with Crippen molar-refractivity contribution in [1.82, 2.24) is 9.97 Å². The van der Waals surface area contributed by atoms with Crippen molar-refractivity contribution < 1.29 is 0 Å². The molecule has 1 saturated carbocycles. The fourth-order valence-corrected chi connectivity index (χ4v) is 3.92. The molecule has 17 heavy (non-hydrogen) atoms. The predicted molar refractivity (Wildman–Crippen MR) is 71.9 cm³/mol. The van der Waals surface area contributed by atoms with E-state index in [0.29, 0.717) is 11.2 Å². The second-order valence-corrected chi connectivity index (χ2v) is 6.04. The van der Waals surface area contributed by atoms with Crippen LogP contribution in [0, 0.1) is 11.8 Å². The van der Waals surface area contributed by atoms with Crippen LogP contribution >= 0.6 is 11.8 Å². The van der Waals surface area contributed by atoms with Crippen LogP contribution < -0.4 is 5.73 Å². The van der Waals surface area contributed by atoms with Crippen LogP contribution in [-0.2, 0) is 0 Å². The Balaban J connectivity index is 2.00. The highest BCUT2D eigenvalue weighted by Crippen LogP contribution is 2.39. The molecular weight excluding hydrogens is 230 g/mol. The molecule has 0 bridgehead atoms. The second-order valence-electron chi connectivity index (χ2n) is 4.78. The zero-order chi connectivity index (χ0) is 12.1. The first kappa shape index (κ1) is 12.8. The number of hydrogen-bond acceptors (Lipinski definition) is 4.